The lowest BCUT2D eigenvalue weighted by Crippen LogP contribution is -2.15. The van der Waals surface area contributed by atoms with Gasteiger partial charge < -0.3 is 5.32 Å². The standard InChI is InChI=1S/C11H14Cl3N/c12-6-1-2-7-15-8-9-10(13)4-3-5-11(9)14/h3-5,15H,1-2,6-8H2. The van der Waals surface area contributed by atoms with E-state index in [4.69, 9.17) is 34.8 Å². The zero-order chi connectivity index (χ0) is 11.1. The number of halogens is 3. The molecule has 0 spiro atoms. The van der Waals surface area contributed by atoms with Crippen molar-refractivity contribution in [2.45, 2.75) is 19.4 Å². The highest BCUT2D eigenvalue weighted by Crippen LogP contribution is 2.23. The van der Waals surface area contributed by atoms with Crippen LogP contribution in [0.5, 0.6) is 0 Å². The molecule has 4 heteroatoms. The maximum absolute atomic E-state index is 6.02. The molecular weight excluding hydrogens is 252 g/mol. The number of rotatable bonds is 6. The Labute approximate surface area is 106 Å². The van der Waals surface area contributed by atoms with Gasteiger partial charge in [-0.25, -0.2) is 0 Å². The van der Waals surface area contributed by atoms with E-state index in [9.17, 15) is 0 Å². The van der Waals surface area contributed by atoms with Crippen molar-refractivity contribution in [1.29, 1.82) is 0 Å². The van der Waals surface area contributed by atoms with Crippen LogP contribution in [0.2, 0.25) is 10.0 Å². The maximum atomic E-state index is 6.02. The first-order chi connectivity index (χ1) is 7.25. The average Bonchev–Trinajstić information content (AvgIpc) is 2.21. The summed E-state index contributed by atoms with van der Waals surface area (Å²) < 4.78 is 0. The van der Waals surface area contributed by atoms with Crippen molar-refractivity contribution in [2.24, 2.45) is 0 Å². The lowest BCUT2D eigenvalue weighted by molar-refractivity contribution is 0.643. The predicted octanol–water partition coefficient (Wildman–Crippen LogP) is 4.10. The SMILES string of the molecule is ClCCCCNCc1c(Cl)cccc1Cl. The van der Waals surface area contributed by atoms with Gasteiger partial charge in [0, 0.05) is 28.0 Å². The van der Waals surface area contributed by atoms with Crippen molar-refractivity contribution in [3.8, 4) is 0 Å². The van der Waals surface area contributed by atoms with Gasteiger partial charge in [0.1, 0.15) is 0 Å². The van der Waals surface area contributed by atoms with Gasteiger partial charge in [-0.2, -0.15) is 0 Å². The molecule has 1 aromatic carbocycles. The van der Waals surface area contributed by atoms with Crippen LogP contribution in [-0.2, 0) is 6.54 Å². The van der Waals surface area contributed by atoms with Crippen molar-refractivity contribution in [3.05, 3.63) is 33.8 Å². The van der Waals surface area contributed by atoms with Crippen molar-refractivity contribution in [3.63, 3.8) is 0 Å². The Hall–Kier alpha value is 0.0500. The van der Waals surface area contributed by atoms with Crippen LogP contribution in [0.25, 0.3) is 0 Å². The van der Waals surface area contributed by atoms with Crippen LogP contribution in [0.1, 0.15) is 18.4 Å². The van der Waals surface area contributed by atoms with E-state index in [1.807, 2.05) is 18.2 Å². The summed E-state index contributed by atoms with van der Waals surface area (Å²) in [6.07, 6.45) is 2.11. The number of hydrogen-bond acceptors (Lipinski definition) is 1. The molecule has 1 aromatic rings. The third-order valence-corrected chi connectivity index (χ3v) is 3.08. The van der Waals surface area contributed by atoms with Crippen molar-refractivity contribution in [2.75, 3.05) is 12.4 Å². The van der Waals surface area contributed by atoms with Gasteiger partial charge in [-0.1, -0.05) is 29.3 Å². The van der Waals surface area contributed by atoms with Crippen LogP contribution >= 0.6 is 34.8 Å². The summed E-state index contributed by atoms with van der Waals surface area (Å²) in [4.78, 5) is 0. The molecule has 0 saturated carbocycles. The van der Waals surface area contributed by atoms with Crippen molar-refractivity contribution < 1.29 is 0 Å². The lowest BCUT2D eigenvalue weighted by Gasteiger charge is -2.08. The second kappa shape index (κ2) is 7.34. The quantitative estimate of drug-likeness (QED) is 0.604. The van der Waals surface area contributed by atoms with E-state index < -0.39 is 0 Å². The number of nitrogens with one attached hydrogen (secondary N) is 1. The Morgan fingerprint density at radius 2 is 1.73 bits per heavy atom. The van der Waals surface area contributed by atoms with Crippen LogP contribution in [0.3, 0.4) is 0 Å². The van der Waals surface area contributed by atoms with Gasteiger partial charge in [0.2, 0.25) is 0 Å². The molecule has 0 aliphatic rings. The van der Waals surface area contributed by atoms with Crippen molar-refractivity contribution >= 4 is 34.8 Å². The fourth-order valence-electron chi connectivity index (χ4n) is 1.26. The Kier molecular flexibility index (Phi) is 6.42. The molecule has 84 valence electrons. The summed E-state index contributed by atoms with van der Waals surface area (Å²) in [5, 5.41) is 4.72. The number of benzene rings is 1. The molecule has 15 heavy (non-hydrogen) atoms. The van der Waals surface area contributed by atoms with Gasteiger partial charge in [0.25, 0.3) is 0 Å². The number of alkyl halides is 1. The maximum Gasteiger partial charge on any atom is 0.0465 e. The summed E-state index contributed by atoms with van der Waals surface area (Å²) >= 11 is 17.6. The molecule has 1 rings (SSSR count). The molecule has 0 aromatic heterocycles. The number of unbranched alkanes of at least 4 members (excludes halogenated alkanes) is 1. The molecule has 0 fully saturated rings. The highest BCUT2D eigenvalue weighted by atomic mass is 35.5. The fraction of sp³-hybridized carbons (Fsp3) is 0.455. The highest BCUT2D eigenvalue weighted by Gasteiger charge is 2.03. The Morgan fingerprint density at radius 3 is 2.33 bits per heavy atom. The molecule has 0 amide bonds. The normalized spacial score (nSPS) is 10.6. The molecule has 1 nitrogen and oxygen atoms in total. The Morgan fingerprint density at radius 1 is 1.07 bits per heavy atom. The molecule has 0 aliphatic heterocycles. The molecule has 0 saturated heterocycles. The Bertz CT molecular complexity index is 282. The summed E-state index contributed by atoms with van der Waals surface area (Å²) in [5.41, 5.74) is 0.965. The monoisotopic (exact) mass is 265 g/mol. The van der Waals surface area contributed by atoms with E-state index in [0.29, 0.717) is 22.5 Å². The summed E-state index contributed by atoms with van der Waals surface area (Å²) in [6.45, 7) is 1.65. The van der Waals surface area contributed by atoms with E-state index >= 15 is 0 Å². The zero-order valence-electron chi connectivity index (χ0n) is 8.40. The molecule has 0 aliphatic carbocycles. The zero-order valence-corrected chi connectivity index (χ0v) is 10.7. The molecule has 1 N–H and O–H groups in total. The van der Waals surface area contributed by atoms with E-state index in [2.05, 4.69) is 5.32 Å². The van der Waals surface area contributed by atoms with Gasteiger partial charge in [0.05, 0.1) is 0 Å². The molecule has 0 bridgehead atoms. The van der Waals surface area contributed by atoms with Gasteiger partial charge in [-0.3, -0.25) is 0 Å². The minimum absolute atomic E-state index is 0.709. The summed E-state index contributed by atoms with van der Waals surface area (Å²) in [5.74, 6) is 0.717. The van der Waals surface area contributed by atoms with Gasteiger partial charge in [0.15, 0.2) is 0 Å². The Balaban J connectivity index is 2.37. The molecular formula is C11H14Cl3N. The second-order valence-electron chi connectivity index (χ2n) is 3.27. The summed E-state index contributed by atoms with van der Waals surface area (Å²) in [6, 6.07) is 5.55. The first kappa shape index (κ1) is 13.1. The van der Waals surface area contributed by atoms with Crippen LogP contribution in [0, 0.1) is 0 Å². The number of hydrogen-bond donors (Lipinski definition) is 1. The van der Waals surface area contributed by atoms with Crippen LogP contribution in [-0.4, -0.2) is 12.4 Å². The average molecular weight is 267 g/mol. The minimum atomic E-state index is 0.709. The fourth-order valence-corrected chi connectivity index (χ4v) is 1.98. The molecule has 0 unspecified atom stereocenters. The highest BCUT2D eigenvalue weighted by molar-refractivity contribution is 6.35. The topological polar surface area (TPSA) is 12.0 Å². The minimum Gasteiger partial charge on any atom is -0.313 e. The smallest absolute Gasteiger partial charge is 0.0465 e. The van der Waals surface area contributed by atoms with Crippen LogP contribution in [0.15, 0.2) is 18.2 Å². The third-order valence-electron chi connectivity index (χ3n) is 2.10. The largest absolute Gasteiger partial charge is 0.313 e. The van der Waals surface area contributed by atoms with E-state index in [1.54, 1.807) is 0 Å². The second-order valence-corrected chi connectivity index (χ2v) is 4.47. The van der Waals surface area contributed by atoms with Crippen LogP contribution in [0.4, 0.5) is 0 Å². The van der Waals surface area contributed by atoms with E-state index in [0.717, 1.165) is 24.9 Å². The first-order valence-corrected chi connectivity index (χ1v) is 6.24. The predicted molar refractivity (Wildman–Crippen MR) is 68.1 cm³/mol. The van der Waals surface area contributed by atoms with Crippen molar-refractivity contribution in [1.82, 2.24) is 5.32 Å². The van der Waals surface area contributed by atoms with Gasteiger partial charge >= 0.3 is 0 Å². The van der Waals surface area contributed by atoms with Gasteiger partial charge in [-0.15, -0.1) is 11.6 Å². The van der Waals surface area contributed by atoms with E-state index in [-0.39, 0.29) is 0 Å². The van der Waals surface area contributed by atoms with Gasteiger partial charge in [-0.05, 0) is 31.5 Å². The molecule has 0 radical (unpaired) electrons. The lowest BCUT2D eigenvalue weighted by atomic mass is 10.2. The van der Waals surface area contributed by atoms with E-state index in [1.165, 1.54) is 0 Å². The first-order valence-electron chi connectivity index (χ1n) is 4.95. The molecule has 0 atom stereocenters. The third kappa shape index (κ3) is 4.60. The summed E-state index contributed by atoms with van der Waals surface area (Å²) in [7, 11) is 0. The van der Waals surface area contributed by atoms with Crippen LogP contribution < -0.4 is 5.32 Å². The molecule has 0 heterocycles.